The molecule has 0 aliphatic rings. The van der Waals surface area contributed by atoms with Crippen LogP contribution in [0.5, 0.6) is 23.0 Å². The summed E-state index contributed by atoms with van der Waals surface area (Å²) in [6.07, 6.45) is 3.36. The Labute approximate surface area is 252 Å². The lowest BCUT2D eigenvalue weighted by Crippen LogP contribution is -1.95. The molecule has 0 saturated carbocycles. The van der Waals surface area contributed by atoms with Gasteiger partial charge in [-0.25, -0.2) is 9.97 Å². The van der Waals surface area contributed by atoms with E-state index in [4.69, 9.17) is 19.4 Å². The minimum atomic E-state index is 0.0496. The molecule has 0 atom stereocenters. The zero-order chi connectivity index (χ0) is 30.2. The van der Waals surface area contributed by atoms with Crippen molar-refractivity contribution in [2.45, 2.75) is 0 Å². The number of phenols is 2. The summed E-state index contributed by atoms with van der Waals surface area (Å²) >= 11 is 0. The van der Waals surface area contributed by atoms with Crippen LogP contribution in [-0.2, 0) is 0 Å². The van der Waals surface area contributed by atoms with Crippen molar-refractivity contribution in [3.05, 3.63) is 109 Å². The molecule has 3 aromatic carbocycles. The Hall–Kier alpha value is -6.02. The Morgan fingerprint density at radius 3 is 1.23 bits per heavy atom. The van der Waals surface area contributed by atoms with E-state index in [1.54, 1.807) is 50.9 Å². The molecule has 0 saturated heterocycles. The highest BCUT2D eigenvalue weighted by atomic mass is 16.5. The van der Waals surface area contributed by atoms with Crippen LogP contribution >= 0.6 is 0 Å². The average molecular weight is 579 g/mol. The topological polar surface area (TPSA) is 110 Å². The number of phenolic OH excluding ortho intramolecular Hbond substituents is 2. The lowest BCUT2D eigenvalue weighted by atomic mass is 10.00. The van der Waals surface area contributed by atoms with Gasteiger partial charge in [0.05, 0.1) is 48.0 Å². The van der Waals surface area contributed by atoms with Crippen molar-refractivity contribution >= 4 is 21.8 Å². The highest BCUT2D eigenvalue weighted by Gasteiger charge is 2.19. The summed E-state index contributed by atoms with van der Waals surface area (Å²) < 4.78 is 11.1. The predicted octanol–water partition coefficient (Wildman–Crippen LogP) is 7.67. The molecule has 0 unspecified atom stereocenters. The van der Waals surface area contributed by atoms with Gasteiger partial charge < -0.3 is 19.7 Å². The first-order valence-electron chi connectivity index (χ1n) is 13.9. The molecule has 4 heterocycles. The van der Waals surface area contributed by atoms with Gasteiger partial charge >= 0.3 is 0 Å². The van der Waals surface area contributed by atoms with E-state index in [2.05, 4.69) is 9.97 Å². The second kappa shape index (κ2) is 11.0. The third-order valence-electron chi connectivity index (χ3n) is 7.59. The maximum absolute atomic E-state index is 11.4. The molecule has 44 heavy (non-hydrogen) atoms. The summed E-state index contributed by atoms with van der Waals surface area (Å²) in [6, 6.07) is 29.7. The molecule has 0 aliphatic carbocycles. The van der Waals surface area contributed by atoms with Crippen LogP contribution in [0.25, 0.3) is 66.8 Å². The molecule has 0 spiro atoms. The van der Waals surface area contributed by atoms with Crippen molar-refractivity contribution < 1.29 is 19.7 Å². The first-order chi connectivity index (χ1) is 21.5. The Morgan fingerprint density at radius 1 is 0.477 bits per heavy atom. The van der Waals surface area contributed by atoms with Gasteiger partial charge in [0, 0.05) is 45.4 Å². The molecule has 0 bridgehead atoms. The minimum Gasteiger partial charge on any atom is -0.507 e. The number of fused-ring (bicyclic) bond motifs is 3. The van der Waals surface area contributed by atoms with Crippen molar-refractivity contribution in [2.24, 2.45) is 0 Å². The second-order valence-electron chi connectivity index (χ2n) is 10.2. The summed E-state index contributed by atoms with van der Waals surface area (Å²) in [6.45, 7) is 0. The van der Waals surface area contributed by atoms with E-state index in [0.717, 1.165) is 10.8 Å². The summed E-state index contributed by atoms with van der Waals surface area (Å²) in [5, 5.41) is 24.5. The highest BCUT2D eigenvalue weighted by Crippen LogP contribution is 2.43. The normalized spacial score (nSPS) is 11.1. The standard InChI is InChI=1S/C36H26N4O4/c1-43-23-17-25(29-7-3-5-15-37-29)35(41)27(19-23)31-13-11-21-9-10-22-12-14-32(40-34(22)33(21)39-31)28-20-24(44-2)18-26(36(28)42)30-8-4-6-16-38-30/h3-20,41-42H,1-2H3. The number of ether oxygens (including phenoxy) is 2. The smallest absolute Gasteiger partial charge is 0.134 e. The van der Waals surface area contributed by atoms with Crippen molar-refractivity contribution in [1.29, 1.82) is 0 Å². The molecular weight excluding hydrogens is 552 g/mol. The molecule has 214 valence electrons. The van der Waals surface area contributed by atoms with Gasteiger partial charge in [-0.05, 0) is 60.7 Å². The summed E-state index contributed by atoms with van der Waals surface area (Å²) in [5.74, 6) is 1.23. The summed E-state index contributed by atoms with van der Waals surface area (Å²) in [4.78, 5) is 18.8. The van der Waals surface area contributed by atoms with Gasteiger partial charge in [0.2, 0.25) is 0 Å². The fourth-order valence-corrected chi connectivity index (χ4v) is 5.34. The second-order valence-corrected chi connectivity index (χ2v) is 10.2. The lowest BCUT2D eigenvalue weighted by Gasteiger charge is -2.14. The summed E-state index contributed by atoms with van der Waals surface area (Å²) in [5.41, 5.74) is 5.72. The van der Waals surface area contributed by atoms with Crippen LogP contribution in [0, 0.1) is 0 Å². The molecule has 0 radical (unpaired) electrons. The molecule has 8 heteroatoms. The Kier molecular flexibility index (Phi) is 6.71. The van der Waals surface area contributed by atoms with Crippen LogP contribution in [-0.4, -0.2) is 44.4 Å². The van der Waals surface area contributed by atoms with E-state index in [9.17, 15) is 10.2 Å². The summed E-state index contributed by atoms with van der Waals surface area (Å²) in [7, 11) is 3.16. The number of aromatic nitrogens is 4. The maximum atomic E-state index is 11.4. The molecule has 7 aromatic rings. The number of rotatable bonds is 6. The SMILES string of the molecule is COc1cc(-c2ccccn2)c(O)c(-c2ccc3ccc4ccc(-c5cc(OC)cc(-c6ccccn6)c5O)nc4c3n2)c1. The number of benzene rings is 3. The monoisotopic (exact) mass is 578 g/mol. The molecule has 0 amide bonds. The van der Waals surface area contributed by atoms with Crippen LogP contribution in [0.15, 0.2) is 109 Å². The van der Waals surface area contributed by atoms with Crippen LogP contribution in [0.4, 0.5) is 0 Å². The minimum absolute atomic E-state index is 0.0496. The van der Waals surface area contributed by atoms with Crippen LogP contribution in [0.1, 0.15) is 0 Å². The Morgan fingerprint density at radius 2 is 0.864 bits per heavy atom. The molecular formula is C36H26N4O4. The molecule has 0 aliphatic heterocycles. The molecule has 8 nitrogen and oxygen atoms in total. The van der Waals surface area contributed by atoms with Crippen LogP contribution in [0.2, 0.25) is 0 Å². The Bertz CT molecular complexity index is 2010. The van der Waals surface area contributed by atoms with Gasteiger partial charge in [-0.1, -0.05) is 36.4 Å². The fourth-order valence-electron chi connectivity index (χ4n) is 5.34. The fraction of sp³-hybridized carbons (Fsp3) is 0.0556. The van der Waals surface area contributed by atoms with E-state index in [0.29, 0.717) is 67.6 Å². The Balaban J connectivity index is 1.42. The van der Waals surface area contributed by atoms with Crippen LogP contribution < -0.4 is 9.47 Å². The van der Waals surface area contributed by atoms with Gasteiger partial charge in [0.1, 0.15) is 23.0 Å². The number of hydrogen-bond acceptors (Lipinski definition) is 8. The average Bonchev–Trinajstić information content (AvgIpc) is 3.08. The highest BCUT2D eigenvalue weighted by molar-refractivity contribution is 6.04. The van der Waals surface area contributed by atoms with Crippen molar-refractivity contribution in [3.8, 4) is 68.0 Å². The quantitative estimate of drug-likeness (QED) is 0.193. The van der Waals surface area contributed by atoms with Crippen molar-refractivity contribution in [1.82, 2.24) is 19.9 Å². The number of hydrogen-bond donors (Lipinski definition) is 2. The molecule has 7 rings (SSSR count). The molecule has 2 N–H and O–H groups in total. The van der Waals surface area contributed by atoms with E-state index < -0.39 is 0 Å². The van der Waals surface area contributed by atoms with E-state index in [-0.39, 0.29) is 11.5 Å². The zero-order valence-electron chi connectivity index (χ0n) is 23.9. The first-order valence-corrected chi connectivity index (χ1v) is 13.9. The van der Waals surface area contributed by atoms with E-state index in [1.165, 1.54) is 0 Å². The van der Waals surface area contributed by atoms with Crippen LogP contribution in [0.3, 0.4) is 0 Å². The maximum Gasteiger partial charge on any atom is 0.134 e. The van der Waals surface area contributed by atoms with E-state index in [1.807, 2.05) is 72.8 Å². The van der Waals surface area contributed by atoms with Gasteiger partial charge in [-0.15, -0.1) is 0 Å². The van der Waals surface area contributed by atoms with Gasteiger partial charge in [0.25, 0.3) is 0 Å². The van der Waals surface area contributed by atoms with E-state index >= 15 is 0 Å². The molecule has 4 aromatic heterocycles. The van der Waals surface area contributed by atoms with Gasteiger partial charge in [-0.2, -0.15) is 0 Å². The number of aromatic hydroxyl groups is 2. The third-order valence-corrected chi connectivity index (χ3v) is 7.59. The molecule has 0 fully saturated rings. The van der Waals surface area contributed by atoms with Crippen molar-refractivity contribution in [2.75, 3.05) is 14.2 Å². The third kappa shape index (κ3) is 4.68. The van der Waals surface area contributed by atoms with Crippen molar-refractivity contribution in [3.63, 3.8) is 0 Å². The lowest BCUT2D eigenvalue weighted by molar-refractivity contribution is 0.413. The zero-order valence-corrected chi connectivity index (χ0v) is 23.9. The first kappa shape index (κ1) is 26.9. The van der Waals surface area contributed by atoms with Gasteiger partial charge in [-0.3, -0.25) is 9.97 Å². The number of pyridine rings is 4. The largest absolute Gasteiger partial charge is 0.507 e. The van der Waals surface area contributed by atoms with Gasteiger partial charge in [0.15, 0.2) is 0 Å². The predicted molar refractivity (Wildman–Crippen MR) is 171 cm³/mol. The number of nitrogens with zero attached hydrogens (tertiary/aromatic N) is 4. The number of methoxy groups -OCH3 is 2.